The number of aryl methyl sites for hydroxylation is 3. The van der Waals surface area contributed by atoms with E-state index in [0.29, 0.717) is 12.5 Å². The normalized spacial score (nSPS) is 14.3. The lowest BCUT2D eigenvalue weighted by molar-refractivity contribution is 0.912. The van der Waals surface area contributed by atoms with Crippen molar-refractivity contribution in [2.24, 2.45) is 10.7 Å². The van der Waals surface area contributed by atoms with Gasteiger partial charge in [0.15, 0.2) is 5.96 Å². The van der Waals surface area contributed by atoms with E-state index in [1.165, 1.54) is 30.4 Å². The molecule has 1 heterocycles. The van der Waals surface area contributed by atoms with Crippen LogP contribution in [0.25, 0.3) is 0 Å². The highest BCUT2D eigenvalue weighted by Crippen LogP contribution is 2.24. The Bertz CT molecular complexity index is 645. The summed E-state index contributed by atoms with van der Waals surface area (Å²) in [7, 11) is 0. The molecule has 0 unspecified atom stereocenters. The molecule has 0 saturated carbocycles. The van der Waals surface area contributed by atoms with E-state index in [0.717, 1.165) is 15.6 Å². The maximum absolute atomic E-state index is 5.93. The van der Waals surface area contributed by atoms with Crippen molar-refractivity contribution in [1.82, 2.24) is 4.98 Å². The fourth-order valence-electron chi connectivity index (χ4n) is 2.48. The highest BCUT2D eigenvalue weighted by atomic mass is 32.1. The number of hydrogen-bond donors (Lipinski definition) is 2. The van der Waals surface area contributed by atoms with Crippen molar-refractivity contribution >= 4 is 23.0 Å². The van der Waals surface area contributed by atoms with Crippen LogP contribution in [0.2, 0.25) is 0 Å². The fraction of sp³-hybridized carbons (Fsp3) is 0.333. The van der Waals surface area contributed by atoms with Crippen molar-refractivity contribution in [2.75, 3.05) is 5.32 Å². The zero-order valence-electron chi connectivity index (χ0n) is 11.5. The van der Waals surface area contributed by atoms with Crippen LogP contribution in [-0.4, -0.2) is 10.9 Å². The van der Waals surface area contributed by atoms with Gasteiger partial charge in [0.2, 0.25) is 0 Å². The van der Waals surface area contributed by atoms with Crippen LogP contribution in [0, 0.1) is 6.92 Å². The number of fused-ring (bicyclic) bond motifs is 1. The number of guanidine groups is 1. The SMILES string of the molecule is Cc1ncc(CN=C(N)Nc2ccc3c(c2)CCC3)s1. The van der Waals surface area contributed by atoms with Crippen molar-refractivity contribution in [1.29, 1.82) is 0 Å². The lowest BCUT2D eigenvalue weighted by atomic mass is 10.1. The van der Waals surface area contributed by atoms with Gasteiger partial charge in [-0.05, 0) is 49.4 Å². The van der Waals surface area contributed by atoms with Crippen LogP contribution in [0.3, 0.4) is 0 Å². The second-order valence-electron chi connectivity index (χ2n) is 5.01. The average molecular weight is 286 g/mol. The zero-order chi connectivity index (χ0) is 13.9. The summed E-state index contributed by atoms with van der Waals surface area (Å²) >= 11 is 1.65. The molecule has 4 nitrogen and oxygen atoms in total. The number of nitrogens with two attached hydrogens (primary N) is 1. The lowest BCUT2D eigenvalue weighted by Crippen LogP contribution is -2.22. The molecule has 0 radical (unpaired) electrons. The number of aromatic nitrogens is 1. The fourth-order valence-corrected chi connectivity index (χ4v) is 3.20. The van der Waals surface area contributed by atoms with Gasteiger partial charge < -0.3 is 11.1 Å². The molecule has 2 aromatic rings. The number of nitrogens with one attached hydrogen (secondary N) is 1. The Morgan fingerprint density at radius 1 is 1.40 bits per heavy atom. The number of anilines is 1. The number of benzene rings is 1. The molecule has 1 aromatic carbocycles. The summed E-state index contributed by atoms with van der Waals surface area (Å²) in [6, 6.07) is 6.44. The molecule has 3 N–H and O–H groups in total. The lowest BCUT2D eigenvalue weighted by Gasteiger charge is -2.07. The number of thiazole rings is 1. The van der Waals surface area contributed by atoms with E-state index in [1.54, 1.807) is 11.3 Å². The molecule has 1 aliphatic carbocycles. The Morgan fingerprint density at radius 2 is 2.25 bits per heavy atom. The van der Waals surface area contributed by atoms with Crippen LogP contribution in [0.4, 0.5) is 5.69 Å². The number of nitrogens with zero attached hydrogens (tertiary/aromatic N) is 2. The monoisotopic (exact) mass is 286 g/mol. The first-order valence-corrected chi connectivity index (χ1v) is 7.62. The summed E-state index contributed by atoms with van der Waals surface area (Å²) in [5.41, 5.74) is 9.84. The van der Waals surface area contributed by atoms with E-state index < -0.39 is 0 Å². The molecule has 1 aromatic heterocycles. The van der Waals surface area contributed by atoms with Crippen LogP contribution in [0.15, 0.2) is 29.4 Å². The minimum atomic E-state index is 0.453. The van der Waals surface area contributed by atoms with Gasteiger partial charge in [-0.3, -0.25) is 0 Å². The molecule has 0 aliphatic heterocycles. The molecular weight excluding hydrogens is 268 g/mol. The Kier molecular flexibility index (Phi) is 3.69. The van der Waals surface area contributed by atoms with Gasteiger partial charge in [-0.1, -0.05) is 6.07 Å². The van der Waals surface area contributed by atoms with E-state index in [2.05, 4.69) is 33.5 Å². The summed E-state index contributed by atoms with van der Waals surface area (Å²) in [5, 5.41) is 4.22. The molecule has 0 fully saturated rings. The topological polar surface area (TPSA) is 63.3 Å². The molecule has 3 rings (SSSR count). The zero-order valence-corrected chi connectivity index (χ0v) is 12.3. The van der Waals surface area contributed by atoms with Crippen LogP contribution in [0.1, 0.15) is 27.4 Å². The molecule has 0 spiro atoms. The van der Waals surface area contributed by atoms with Crippen LogP contribution in [-0.2, 0) is 19.4 Å². The van der Waals surface area contributed by atoms with E-state index in [-0.39, 0.29) is 0 Å². The molecular formula is C15H18N4S. The van der Waals surface area contributed by atoms with Gasteiger partial charge in [0.1, 0.15) is 0 Å². The maximum atomic E-state index is 5.93. The van der Waals surface area contributed by atoms with E-state index >= 15 is 0 Å². The second kappa shape index (κ2) is 5.63. The molecule has 104 valence electrons. The van der Waals surface area contributed by atoms with Gasteiger partial charge in [0, 0.05) is 16.8 Å². The Hall–Kier alpha value is -1.88. The maximum Gasteiger partial charge on any atom is 0.193 e. The van der Waals surface area contributed by atoms with Gasteiger partial charge in [0.25, 0.3) is 0 Å². The third kappa shape index (κ3) is 2.99. The number of hydrogen-bond acceptors (Lipinski definition) is 3. The molecule has 5 heteroatoms. The van der Waals surface area contributed by atoms with E-state index in [9.17, 15) is 0 Å². The molecule has 0 bridgehead atoms. The van der Waals surface area contributed by atoms with Gasteiger partial charge in [0.05, 0.1) is 11.6 Å². The average Bonchev–Trinajstić information content (AvgIpc) is 3.04. The minimum absolute atomic E-state index is 0.453. The van der Waals surface area contributed by atoms with Gasteiger partial charge in [-0.25, -0.2) is 9.98 Å². The first-order valence-electron chi connectivity index (χ1n) is 6.81. The van der Waals surface area contributed by atoms with Crippen molar-refractivity contribution in [2.45, 2.75) is 32.7 Å². The predicted molar refractivity (Wildman–Crippen MR) is 84.3 cm³/mol. The van der Waals surface area contributed by atoms with Crippen LogP contribution < -0.4 is 11.1 Å². The highest BCUT2D eigenvalue weighted by Gasteiger charge is 2.10. The first-order chi connectivity index (χ1) is 9.70. The van der Waals surface area contributed by atoms with Crippen molar-refractivity contribution in [3.05, 3.63) is 45.4 Å². The number of aliphatic imine (C=N–C) groups is 1. The highest BCUT2D eigenvalue weighted by molar-refractivity contribution is 7.11. The standard InChI is InChI=1S/C15H18N4S/c1-10-17-8-14(20-10)9-18-15(16)19-13-6-5-11-3-2-4-12(11)7-13/h5-8H,2-4,9H2,1H3,(H3,16,18,19). The van der Waals surface area contributed by atoms with Gasteiger partial charge in [-0.15, -0.1) is 11.3 Å². The molecule has 1 aliphatic rings. The molecule has 0 atom stereocenters. The molecule has 0 saturated heterocycles. The summed E-state index contributed by atoms with van der Waals surface area (Å²) in [6.45, 7) is 2.57. The molecule has 20 heavy (non-hydrogen) atoms. The summed E-state index contributed by atoms with van der Waals surface area (Å²) in [6.07, 6.45) is 5.48. The van der Waals surface area contributed by atoms with Crippen molar-refractivity contribution in [3.8, 4) is 0 Å². The smallest absolute Gasteiger partial charge is 0.193 e. The van der Waals surface area contributed by atoms with Crippen molar-refractivity contribution < 1.29 is 0 Å². The van der Waals surface area contributed by atoms with E-state index in [1.807, 2.05) is 13.1 Å². The van der Waals surface area contributed by atoms with Gasteiger partial charge >= 0.3 is 0 Å². The Labute approximate surface area is 122 Å². The van der Waals surface area contributed by atoms with Crippen LogP contribution >= 0.6 is 11.3 Å². The summed E-state index contributed by atoms with van der Waals surface area (Å²) in [5.74, 6) is 0.453. The first kappa shape index (κ1) is 13.1. The molecule has 0 amide bonds. The van der Waals surface area contributed by atoms with Crippen LogP contribution in [0.5, 0.6) is 0 Å². The van der Waals surface area contributed by atoms with Crippen molar-refractivity contribution in [3.63, 3.8) is 0 Å². The Balaban J connectivity index is 1.64. The second-order valence-corrected chi connectivity index (χ2v) is 6.33. The Morgan fingerprint density at radius 3 is 3.05 bits per heavy atom. The van der Waals surface area contributed by atoms with E-state index in [4.69, 9.17) is 5.73 Å². The third-order valence-corrected chi connectivity index (χ3v) is 4.34. The minimum Gasteiger partial charge on any atom is -0.370 e. The third-order valence-electron chi connectivity index (χ3n) is 3.45. The largest absolute Gasteiger partial charge is 0.370 e. The summed E-state index contributed by atoms with van der Waals surface area (Å²) < 4.78 is 0. The quantitative estimate of drug-likeness (QED) is 0.673. The number of rotatable bonds is 3. The predicted octanol–water partition coefficient (Wildman–Crippen LogP) is 2.87. The summed E-state index contributed by atoms with van der Waals surface area (Å²) in [4.78, 5) is 9.68. The van der Waals surface area contributed by atoms with Gasteiger partial charge in [-0.2, -0.15) is 0 Å².